The van der Waals surface area contributed by atoms with Gasteiger partial charge in [-0.25, -0.2) is 9.37 Å². The van der Waals surface area contributed by atoms with Gasteiger partial charge in [-0.05, 0) is 42.3 Å². The SMILES string of the molecule is Cc1ccccc1Cn1c(C2CC(=O)N(c3ccccc3F)C2)nc2ccccc21. The molecule has 0 saturated carbocycles. The Balaban J connectivity index is 1.55. The largest absolute Gasteiger partial charge is 0.323 e. The number of para-hydroxylation sites is 3. The average Bonchev–Trinajstić information content (AvgIpc) is 3.31. The van der Waals surface area contributed by atoms with Crippen molar-refractivity contribution in [1.29, 1.82) is 0 Å². The number of hydrogen-bond donors (Lipinski definition) is 0. The average molecular weight is 399 g/mol. The van der Waals surface area contributed by atoms with Crippen LogP contribution in [0.15, 0.2) is 72.8 Å². The summed E-state index contributed by atoms with van der Waals surface area (Å²) in [6, 6.07) is 22.8. The second-order valence-corrected chi connectivity index (χ2v) is 7.83. The first-order valence-corrected chi connectivity index (χ1v) is 10.2. The molecule has 0 radical (unpaired) electrons. The van der Waals surface area contributed by atoms with Crippen LogP contribution in [0.3, 0.4) is 0 Å². The summed E-state index contributed by atoms with van der Waals surface area (Å²) in [5.41, 5.74) is 4.74. The highest BCUT2D eigenvalue weighted by Gasteiger charge is 2.35. The van der Waals surface area contributed by atoms with Crippen LogP contribution in [-0.4, -0.2) is 22.0 Å². The molecule has 0 bridgehead atoms. The third kappa shape index (κ3) is 3.16. The van der Waals surface area contributed by atoms with Gasteiger partial charge in [0.25, 0.3) is 0 Å². The van der Waals surface area contributed by atoms with E-state index in [9.17, 15) is 9.18 Å². The predicted molar refractivity (Wildman–Crippen MR) is 116 cm³/mol. The maximum Gasteiger partial charge on any atom is 0.227 e. The summed E-state index contributed by atoms with van der Waals surface area (Å²) in [7, 11) is 0. The number of amides is 1. The zero-order valence-corrected chi connectivity index (χ0v) is 16.8. The van der Waals surface area contributed by atoms with Gasteiger partial charge < -0.3 is 9.47 Å². The van der Waals surface area contributed by atoms with Gasteiger partial charge in [0.1, 0.15) is 11.6 Å². The second kappa shape index (κ2) is 7.41. The van der Waals surface area contributed by atoms with E-state index in [1.165, 1.54) is 17.2 Å². The molecule has 0 N–H and O–H groups in total. The van der Waals surface area contributed by atoms with E-state index in [1.54, 1.807) is 23.1 Å². The molecule has 1 fully saturated rings. The van der Waals surface area contributed by atoms with Gasteiger partial charge in [-0.1, -0.05) is 48.5 Å². The van der Waals surface area contributed by atoms with Crippen LogP contribution >= 0.6 is 0 Å². The van der Waals surface area contributed by atoms with Gasteiger partial charge in [-0.15, -0.1) is 0 Å². The van der Waals surface area contributed by atoms with Crippen molar-refractivity contribution in [2.45, 2.75) is 25.8 Å². The smallest absolute Gasteiger partial charge is 0.227 e. The number of carbonyl (C=O) groups is 1. The highest BCUT2D eigenvalue weighted by atomic mass is 19.1. The van der Waals surface area contributed by atoms with E-state index in [0.29, 0.717) is 25.2 Å². The molecule has 0 aliphatic carbocycles. The fourth-order valence-electron chi connectivity index (χ4n) is 4.31. The van der Waals surface area contributed by atoms with Crippen LogP contribution in [-0.2, 0) is 11.3 Å². The first-order valence-electron chi connectivity index (χ1n) is 10.2. The number of halogens is 1. The molecule has 5 heteroatoms. The maximum atomic E-state index is 14.3. The minimum absolute atomic E-state index is 0.0698. The van der Waals surface area contributed by atoms with E-state index in [2.05, 4.69) is 29.7 Å². The quantitative estimate of drug-likeness (QED) is 0.481. The van der Waals surface area contributed by atoms with Crippen molar-refractivity contribution in [3.8, 4) is 0 Å². The zero-order chi connectivity index (χ0) is 20.7. The molecule has 5 rings (SSSR count). The predicted octanol–water partition coefficient (Wildman–Crippen LogP) is 5.05. The summed E-state index contributed by atoms with van der Waals surface area (Å²) < 4.78 is 16.5. The number of benzene rings is 3. The van der Waals surface area contributed by atoms with Crippen LogP contribution in [0.25, 0.3) is 11.0 Å². The molecule has 3 aromatic carbocycles. The Morgan fingerprint density at radius 2 is 1.73 bits per heavy atom. The van der Waals surface area contributed by atoms with Gasteiger partial charge >= 0.3 is 0 Å². The van der Waals surface area contributed by atoms with Crippen molar-refractivity contribution in [2.75, 3.05) is 11.4 Å². The molecule has 1 aliphatic heterocycles. The van der Waals surface area contributed by atoms with Gasteiger partial charge in [0.15, 0.2) is 0 Å². The minimum atomic E-state index is -0.375. The third-order valence-corrected chi connectivity index (χ3v) is 5.91. The van der Waals surface area contributed by atoms with Gasteiger partial charge in [0, 0.05) is 25.4 Å². The molecule has 1 atom stereocenters. The summed E-state index contributed by atoms with van der Waals surface area (Å²) in [5.74, 6) is 0.347. The monoisotopic (exact) mass is 399 g/mol. The van der Waals surface area contributed by atoms with Crippen LogP contribution in [0.2, 0.25) is 0 Å². The lowest BCUT2D eigenvalue weighted by molar-refractivity contribution is -0.117. The zero-order valence-electron chi connectivity index (χ0n) is 16.8. The fourth-order valence-corrected chi connectivity index (χ4v) is 4.31. The summed E-state index contributed by atoms with van der Waals surface area (Å²) >= 11 is 0. The van der Waals surface area contributed by atoms with Gasteiger partial charge in [-0.3, -0.25) is 4.79 Å². The molecule has 0 spiro atoms. The number of nitrogens with zero attached hydrogens (tertiary/aromatic N) is 3. The maximum absolute atomic E-state index is 14.3. The molecule has 1 aromatic heterocycles. The van der Waals surface area contributed by atoms with Gasteiger partial charge in [-0.2, -0.15) is 0 Å². The van der Waals surface area contributed by atoms with E-state index < -0.39 is 0 Å². The molecule has 1 amide bonds. The molecule has 1 unspecified atom stereocenters. The molecule has 1 saturated heterocycles. The second-order valence-electron chi connectivity index (χ2n) is 7.83. The van der Waals surface area contributed by atoms with Gasteiger partial charge in [0.05, 0.1) is 16.7 Å². The van der Waals surface area contributed by atoms with Crippen molar-refractivity contribution in [3.05, 3.63) is 95.6 Å². The standard InChI is InChI=1S/C25H22FN3O/c1-17-8-2-3-9-18(17)15-29-23-13-7-5-11-21(23)27-25(29)19-14-24(30)28(16-19)22-12-6-4-10-20(22)26/h2-13,19H,14-16H2,1H3. The Kier molecular flexibility index (Phi) is 4.58. The lowest BCUT2D eigenvalue weighted by Crippen LogP contribution is -2.25. The molecule has 4 nitrogen and oxygen atoms in total. The molecule has 150 valence electrons. The van der Waals surface area contributed by atoms with E-state index in [-0.39, 0.29) is 17.6 Å². The summed E-state index contributed by atoms with van der Waals surface area (Å²) in [6.07, 6.45) is 0.325. The minimum Gasteiger partial charge on any atom is -0.323 e. The van der Waals surface area contributed by atoms with Crippen LogP contribution in [0.1, 0.15) is 29.3 Å². The summed E-state index contributed by atoms with van der Waals surface area (Å²) in [5, 5.41) is 0. The van der Waals surface area contributed by atoms with E-state index >= 15 is 0 Å². The number of rotatable bonds is 4. The normalized spacial score (nSPS) is 16.5. The number of imidazole rings is 1. The fraction of sp³-hybridized carbons (Fsp3) is 0.200. The highest BCUT2D eigenvalue weighted by molar-refractivity contribution is 5.96. The Morgan fingerprint density at radius 1 is 1.00 bits per heavy atom. The first-order chi connectivity index (χ1) is 14.6. The number of anilines is 1. The van der Waals surface area contributed by atoms with Crippen LogP contribution in [0, 0.1) is 12.7 Å². The van der Waals surface area contributed by atoms with Crippen LogP contribution < -0.4 is 4.90 Å². The molecular weight excluding hydrogens is 377 g/mol. The van der Waals surface area contributed by atoms with Gasteiger partial charge in [0.2, 0.25) is 5.91 Å². The lowest BCUT2D eigenvalue weighted by atomic mass is 10.1. The Hall–Kier alpha value is -3.47. The number of aromatic nitrogens is 2. The van der Waals surface area contributed by atoms with Crippen LogP contribution in [0.5, 0.6) is 0 Å². The summed E-state index contributed by atoms with van der Waals surface area (Å²) in [6.45, 7) is 3.22. The number of carbonyl (C=O) groups excluding carboxylic acids is 1. The molecule has 2 heterocycles. The first kappa shape index (κ1) is 18.6. The van der Waals surface area contributed by atoms with Crippen molar-refractivity contribution < 1.29 is 9.18 Å². The van der Waals surface area contributed by atoms with E-state index in [1.807, 2.05) is 30.3 Å². The molecular formula is C25H22FN3O. The number of fused-ring (bicyclic) bond motifs is 1. The Labute approximate surface area is 174 Å². The molecule has 30 heavy (non-hydrogen) atoms. The Morgan fingerprint density at radius 3 is 2.57 bits per heavy atom. The Bertz CT molecular complexity index is 1250. The lowest BCUT2D eigenvalue weighted by Gasteiger charge is -2.18. The van der Waals surface area contributed by atoms with E-state index in [0.717, 1.165) is 16.9 Å². The van der Waals surface area contributed by atoms with Crippen molar-refractivity contribution >= 4 is 22.6 Å². The van der Waals surface area contributed by atoms with E-state index in [4.69, 9.17) is 4.98 Å². The van der Waals surface area contributed by atoms with Crippen molar-refractivity contribution in [1.82, 2.24) is 9.55 Å². The number of aryl methyl sites for hydroxylation is 1. The highest BCUT2D eigenvalue weighted by Crippen LogP contribution is 2.34. The van der Waals surface area contributed by atoms with Crippen molar-refractivity contribution in [2.24, 2.45) is 0 Å². The summed E-state index contributed by atoms with van der Waals surface area (Å²) in [4.78, 5) is 19.2. The topological polar surface area (TPSA) is 38.1 Å². The molecule has 1 aliphatic rings. The van der Waals surface area contributed by atoms with Crippen LogP contribution in [0.4, 0.5) is 10.1 Å². The third-order valence-electron chi connectivity index (χ3n) is 5.91. The number of hydrogen-bond acceptors (Lipinski definition) is 2. The van der Waals surface area contributed by atoms with Crippen molar-refractivity contribution in [3.63, 3.8) is 0 Å². The molecule has 4 aromatic rings.